The van der Waals surface area contributed by atoms with Crippen LogP contribution in [0.5, 0.6) is 0 Å². The first-order chi connectivity index (χ1) is 11.4. The first kappa shape index (κ1) is 17.0. The first-order valence-corrected chi connectivity index (χ1v) is 9.24. The highest BCUT2D eigenvalue weighted by atomic mass is 32.2. The van der Waals surface area contributed by atoms with Crippen molar-refractivity contribution in [3.63, 3.8) is 0 Å². The maximum absolute atomic E-state index is 12.2. The number of hydrogen-bond acceptors (Lipinski definition) is 5. The molecule has 0 spiro atoms. The van der Waals surface area contributed by atoms with E-state index in [1.165, 1.54) is 4.31 Å². The molecule has 0 aromatic carbocycles. The molecule has 1 aliphatic rings. The van der Waals surface area contributed by atoms with Crippen molar-refractivity contribution in [3.8, 4) is 11.5 Å². The maximum atomic E-state index is 12.2. The lowest BCUT2D eigenvalue weighted by molar-refractivity contribution is 0.409. The van der Waals surface area contributed by atoms with Gasteiger partial charge in [-0.3, -0.25) is 0 Å². The highest BCUT2D eigenvalue weighted by Crippen LogP contribution is 2.24. The standard InChI is InChI=1S/C15H22N6O2S/c1-19(2)24(22,23)21-6-4-12(10-21)8-13-9-14(18-11-17-13)15-16-5-7-20(15)3/h5,7,9,11-12H,4,6,8,10H2,1-3H3/t12-/m0/s1. The molecular weight excluding hydrogens is 328 g/mol. The summed E-state index contributed by atoms with van der Waals surface area (Å²) in [6, 6.07) is 1.94. The Morgan fingerprint density at radius 3 is 2.75 bits per heavy atom. The summed E-state index contributed by atoms with van der Waals surface area (Å²) in [7, 11) is 1.71. The van der Waals surface area contributed by atoms with Crippen molar-refractivity contribution in [2.24, 2.45) is 13.0 Å². The largest absolute Gasteiger partial charge is 0.333 e. The molecule has 1 saturated heterocycles. The van der Waals surface area contributed by atoms with Crippen molar-refractivity contribution in [1.29, 1.82) is 0 Å². The van der Waals surface area contributed by atoms with Crippen LogP contribution < -0.4 is 0 Å². The van der Waals surface area contributed by atoms with Gasteiger partial charge < -0.3 is 4.57 Å². The lowest BCUT2D eigenvalue weighted by Crippen LogP contribution is -2.38. The van der Waals surface area contributed by atoms with E-state index in [-0.39, 0.29) is 5.92 Å². The molecule has 130 valence electrons. The lowest BCUT2D eigenvalue weighted by atomic mass is 10.0. The molecule has 0 aliphatic carbocycles. The van der Waals surface area contributed by atoms with Gasteiger partial charge >= 0.3 is 0 Å². The molecule has 9 heteroatoms. The molecule has 0 unspecified atom stereocenters. The normalized spacial score (nSPS) is 19.2. The number of aryl methyl sites for hydroxylation is 1. The van der Waals surface area contributed by atoms with Crippen molar-refractivity contribution >= 4 is 10.2 Å². The van der Waals surface area contributed by atoms with Gasteiger partial charge in [0.25, 0.3) is 10.2 Å². The van der Waals surface area contributed by atoms with Crippen LogP contribution in [-0.4, -0.2) is 63.7 Å². The zero-order valence-corrected chi connectivity index (χ0v) is 14.9. The number of imidazole rings is 1. The summed E-state index contributed by atoms with van der Waals surface area (Å²) in [6.07, 6.45) is 6.73. The van der Waals surface area contributed by atoms with Crippen molar-refractivity contribution in [2.45, 2.75) is 12.8 Å². The summed E-state index contributed by atoms with van der Waals surface area (Å²) < 4.78 is 29.1. The molecule has 24 heavy (non-hydrogen) atoms. The summed E-state index contributed by atoms with van der Waals surface area (Å²) in [5.41, 5.74) is 1.69. The zero-order chi connectivity index (χ0) is 17.3. The summed E-state index contributed by atoms with van der Waals surface area (Å²) in [5, 5.41) is 0. The molecule has 3 rings (SSSR count). The van der Waals surface area contributed by atoms with Gasteiger partial charge in [-0.15, -0.1) is 0 Å². The lowest BCUT2D eigenvalue weighted by Gasteiger charge is -2.20. The fraction of sp³-hybridized carbons (Fsp3) is 0.533. The van der Waals surface area contributed by atoms with Gasteiger partial charge in [-0.25, -0.2) is 15.0 Å². The predicted octanol–water partition coefficient (Wildman–Crippen LogP) is 0.548. The van der Waals surface area contributed by atoms with E-state index in [2.05, 4.69) is 15.0 Å². The van der Waals surface area contributed by atoms with E-state index in [0.29, 0.717) is 13.1 Å². The Morgan fingerprint density at radius 2 is 2.08 bits per heavy atom. The third kappa shape index (κ3) is 3.33. The van der Waals surface area contributed by atoms with Gasteiger partial charge in [-0.05, 0) is 24.8 Å². The molecule has 1 fully saturated rings. The summed E-state index contributed by atoms with van der Waals surface area (Å²) in [5.74, 6) is 1.06. The topological polar surface area (TPSA) is 84.2 Å². The Bertz CT molecular complexity index is 817. The van der Waals surface area contributed by atoms with E-state index < -0.39 is 10.2 Å². The van der Waals surface area contributed by atoms with Gasteiger partial charge in [0.2, 0.25) is 0 Å². The van der Waals surface area contributed by atoms with E-state index in [0.717, 1.165) is 30.1 Å². The smallest absolute Gasteiger partial charge is 0.281 e. The number of rotatable bonds is 5. The van der Waals surface area contributed by atoms with Crippen LogP contribution in [0, 0.1) is 5.92 Å². The molecule has 3 heterocycles. The Morgan fingerprint density at radius 1 is 1.29 bits per heavy atom. The highest BCUT2D eigenvalue weighted by molar-refractivity contribution is 7.86. The molecule has 2 aromatic heterocycles. The van der Waals surface area contributed by atoms with Gasteiger partial charge in [0, 0.05) is 52.3 Å². The van der Waals surface area contributed by atoms with Crippen LogP contribution in [0.25, 0.3) is 11.5 Å². The second-order valence-electron chi connectivity index (χ2n) is 6.26. The van der Waals surface area contributed by atoms with Crippen LogP contribution in [0.15, 0.2) is 24.8 Å². The van der Waals surface area contributed by atoms with Crippen LogP contribution in [-0.2, 0) is 23.7 Å². The molecule has 0 saturated carbocycles. The quantitative estimate of drug-likeness (QED) is 0.786. The highest BCUT2D eigenvalue weighted by Gasteiger charge is 2.32. The number of nitrogens with zero attached hydrogens (tertiary/aromatic N) is 6. The Hall–Kier alpha value is -1.84. The molecule has 0 amide bonds. The van der Waals surface area contributed by atoms with Crippen molar-refractivity contribution < 1.29 is 8.42 Å². The van der Waals surface area contributed by atoms with E-state index >= 15 is 0 Å². The average Bonchev–Trinajstić information content (AvgIpc) is 3.16. The van der Waals surface area contributed by atoms with E-state index in [9.17, 15) is 8.42 Å². The molecule has 1 aliphatic heterocycles. The monoisotopic (exact) mass is 350 g/mol. The summed E-state index contributed by atoms with van der Waals surface area (Å²) in [4.78, 5) is 12.9. The van der Waals surface area contributed by atoms with Gasteiger partial charge in [0.1, 0.15) is 12.0 Å². The van der Waals surface area contributed by atoms with Gasteiger partial charge in [-0.1, -0.05) is 0 Å². The SMILES string of the molecule is CN(C)S(=O)(=O)N1CC[C@@H](Cc2cc(-c3nccn3C)ncn2)C1. The number of aromatic nitrogens is 4. The van der Waals surface area contributed by atoms with Gasteiger partial charge in [0.15, 0.2) is 5.82 Å². The predicted molar refractivity (Wildman–Crippen MR) is 90.2 cm³/mol. The van der Waals surface area contributed by atoms with Crippen molar-refractivity contribution in [3.05, 3.63) is 30.5 Å². The molecule has 2 aromatic rings. The van der Waals surface area contributed by atoms with Crippen LogP contribution in [0.1, 0.15) is 12.1 Å². The van der Waals surface area contributed by atoms with E-state index in [1.807, 2.05) is 23.9 Å². The van der Waals surface area contributed by atoms with Gasteiger partial charge in [-0.2, -0.15) is 17.0 Å². The van der Waals surface area contributed by atoms with Crippen LogP contribution in [0.2, 0.25) is 0 Å². The molecule has 8 nitrogen and oxygen atoms in total. The van der Waals surface area contributed by atoms with E-state index in [1.54, 1.807) is 30.9 Å². The minimum absolute atomic E-state index is 0.267. The molecule has 0 radical (unpaired) electrons. The minimum Gasteiger partial charge on any atom is -0.333 e. The molecule has 0 bridgehead atoms. The second kappa shape index (κ2) is 6.58. The van der Waals surface area contributed by atoms with Crippen LogP contribution in [0.4, 0.5) is 0 Å². The zero-order valence-electron chi connectivity index (χ0n) is 14.1. The maximum Gasteiger partial charge on any atom is 0.281 e. The Balaban J connectivity index is 1.71. The Labute approximate surface area is 142 Å². The summed E-state index contributed by atoms with van der Waals surface area (Å²) in [6.45, 7) is 1.09. The minimum atomic E-state index is -3.33. The van der Waals surface area contributed by atoms with Gasteiger partial charge in [0.05, 0.1) is 0 Å². The molecule has 0 N–H and O–H groups in total. The molecular formula is C15H22N6O2S. The van der Waals surface area contributed by atoms with Crippen LogP contribution in [0.3, 0.4) is 0 Å². The second-order valence-corrected chi connectivity index (χ2v) is 8.41. The fourth-order valence-corrected chi connectivity index (χ4v) is 4.14. The third-order valence-corrected chi connectivity index (χ3v) is 6.22. The van der Waals surface area contributed by atoms with Crippen molar-refractivity contribution in [1.82, 2.24) is 28.1 Å². The van der Waals surface area contributed by atoms with E-state index in [4.69, 9.17) is 0 Å². The van der Waals surface area contributed by atoms with Crippen molar-refractivity contribution in [2.75, 3.05) is 27.2 Å². The first-order valence-electron chi connectivity index (χ1n) is 7.84. The fourth-order valence-electron chi connectivity index (χ4n) is 2.94. The summed E-state index contributed by atoms with van der Waals surface area (Å²) >= 11 is 0. The third-order valence-electron chi connectivity index (χ3n) is 4.31. The van der Waals surface area contributed by atoms with Crippen LogP contribution >= 0.6 is 0 Å². The molecule has 1 atom stereocenters. The Kier molecular flexibility index (Phi) is 4.66. The number of hydrogen-bond donors (Lipinski definition) is 0. The average molecular weight is 350 g/mol.